The average Bonchev–Trinajstić information content (AvgIpc) is 2.58. The van der Waals surface area contributed by atoms with E-state index >= 15 is 0 Å². The van der Waals surface area contributed by atoms with Crippen molar-refractivity contribution in [1.29, 1.82) is 0 Å². The number of nitrogens with one attached hydrogen (secondary N) is 2. The van der Waals surface area contributed by atoms with E-state index in [1.54, 1.807) is 0 Å². The van der Waals surface area contributed by atoms with Gasteiger partial charge in [0.15, 0.2) is 0 Å². The highest BCUT2D eigenvalue weighted by Crippen LogP contribution is 2.32. The van der Waals surface area contributed by atoms with Gasteiger partial charge in [-0.25, -0.2) is 4.79 Å². The lowest BCUT2D eigenvalue weighted by Gasteiger charge is -2.31. The van der Waals surface area contributed by atoms with Gasteiger partial charge >= 0.3 is 12.2 Å². The average molecular weight is 355 g/mol. The lowest BCUT2D eigenvalue weighted by atomic mass is 9.97. The van der Waals surface area contributed by atoms with Gasteiger partial charge in [0.2, 0.25) is 5.91 Å². The Labute approximate surface area is 143 Å². The number of rotatable bonds is 2. The van der Waals surface area contributed by atoms with Crippen molar-refractivity contribution in [2.24, 2.45) is 0 Å². The Bertz CT molecular complexity index is 676. The summed E-state index contributed by atoms with van der Waals surface area (Å²) in [5.41, 5.74) is 0.678. The number of nitrogens with zero attached hydrogens (tertiary/aromatic N) is 1. The highest BCUT2D eigenvalue weighted by atomic mass is 19.4. The van der Waals surface area contributed by atoms with E-state index in [0.717, 1.165) is 30.5 Å². The third-order valence-electron chi connectivity index (χ3n) is 4.65. The maximum atomic E-state index is 12.8. The summed E-state index contributed by atoms with van der Waals surface area (Å²) in [6, 6.07) is 3.29. The first-order valence-electron chi connectivity index (χ1n) is 8.34. The maximum absolute atomic E-state index is 12.8. The first-order chi connectivity index (χ1) is 11.8. The van der Waals surface area contributed by atoms with Crippen LogP contribution in [0.3, 0.4) is 0 Å². The molecule has 1 fully saturated rings. The van der Waals surface area contributed by atoms with Crippen molar-refractivity contribution in [1.82, 2.24) is 15.5 Å². The van der Waals surface area contributed by atoms with Gasteiger partial charge in [-0.1, -0.05) is 6.07 Å². The van der Waals surface area contributed by atoms with Crippen LogP contribution < -0.4 is 10.6 Å². The van der Waals surface area contributed by atoms with E-state index in [-0.39, 0.29) is 24.5 Å². The highest BCUT2D eigenvalue weighted by Gasteiger charge is 2.32. The minimum Gasteiger partial charge on any atom is -0.352 e. The van der Waals surface area contributed by atoms with Crippen LogP contribution >= 0.6 is 0 Å². The van der Waals surface area contributed by atoms with Crippen molar-refractivity contribution >= 4 is 11.9 Å². The Morgan fingerprint density at radius 1 is 1.28 bits per heavy atom. The molecular weight excluding hydrogens is 335 g/mol. The fourth-order valence-corrected chi connectivity index (χ4v) is 3.26. The molecule has 136 valence electrons. The quantitative estimate of drug-likeness (QED) is 0.856. The van der Waals surface area contributed by atoms with Gasteiger partial charge in [0, 0.05) is 32.1 Å². The molecule has 5 nitrogen and oxygen atoms in total. The minimum absolute atomic E-state index is 0.0166. The number of piperidine rings is 1. The number of carbonyl (C=O) groups excluding carboxylic acids is 2. The summed E-state index contributed by atoms with van der Waals surface area (Å²) in [4.78, 5) is 25.1. The Kier molecular flexibility index (Phi) is 4.87. The summed E-state index contributed by atoms with van der Waals surface area (Å²) < 4.78 is 38.5. The summed E-state index contributed by atoms with van der Waals surface area (Å²) in [6.07, 6.45) is -1.75. The highest BCUT2D eigenvalue weighted by molar-refractivity contribution is 5.77. The number of hydrogen-bond acceptors (Lipinski definition) is 2. The van der Waals surface area contributed by atoms with Crippen LogP contribution in [-0.2, 0) is 23.9 Å². The molecule has 1 saturated heterocycles. The largest absolute Gasteiger partial charge is 0.416 e. The van der Waals surface area contributed by atoms with Gasteiger partial charge in [0.1, 0.15) is 0 Å². The second-order valence-electron chi connectivity index (χ2n) is 6.50. The lowest BCUT2D eigenvalue weighted by Crippen LogP contribution is -2.50. The molecule has 1 atom stereocenters. The monoisotopic (exact) mass is 355 g/mol. The number of benzene rings is 1. The van der Waals surface area contributed by atoms with Crippen molar-refractivity contribution in [3.05, 3.63) is 34.9 Å². The lowest BCUT2D eigenvalue weighted by molar-refractivity contribution is -0.137. The summed E-state index contributed by atoms with van der Waals surface area (Å²) in [5, 5.41) is 5.59. The zero-order chi connectivity index (χ0) is 18.0. The fourth-order valence-electron chi connectivity index (χ4n) is 3.26. The predicted molar refractivity (Wildman–Crippen MR) is 84.7 cm³/mol. The molecule has 2 heterocycles. The summed E-state index contributed by atoms with van der Waals surface area (Å²) in [5.74, 6) is -0.0166. The molecule has 8 heteroatoms. The van der Waals surface area contributed by atoms with Crippen molar-refractivity contribution in [3.63, 3.8) is 0 Å². The molecule has 0 radical (unpaired) electrons. The number of carbonyl (C=O) groups is 2. The number of hydrogen-bond donors (Lipinski definition) is 2. The molecule has 25 heavy (non-hydrogen) atoms. The zero-order valence-electron chi connectivity index (χ0n) is 13.7. The van der Waals surface area contributed by atoms with Gasteiger partial charge in [0.05, 0.1) is 5.56 Å². The third kappa shape index (κ3) is 4.24. The number of halogens is 3. The van der Waals surface area contributed by atoms with E-state index in [1.165, 1.54) is 11.0 Å². The van der Waals surface area contributed by atoms with E-state index < -0.39 is 11.7 Å². The molecule has 0 bridgehead atoms. The summed E-state index contributed by atoms with van der Waals surface area (Å²) in [6.45, 7) is 0.944. The second-order valence-corrected chi connectivity index (χ2v) is 6.50. The Morgan fingerprint density at radius 2 is 2.08 bits per heavy atom. The molecule has 2 aliphatic heterocycles. The van der Waals surface area contributed by atoms with Crippen LogP contribution in [0, 0.1) is 0 Å². The standard InChI is InChI=1S/C17H20F3N3O2/c18-17(19,20)13-5-4-11-6-7-23(10-12(11)8-13)16(25)21-9-14-2-1-3-15(24)22-14/h4-5,8,14H,1-3,6-7,9-10H2,(H,21,25)(H,22,24)/t14-/m1/s1. The first-order valence-corrected chi connectivity index (χ1v) is 8.34. The van der Waals surface area contributed by atoms with Gasteiger partial charge in [-0.15, -0.1) is 0 Å². The van der Waals surface area contributed by atoms with E-state index in [4.69, 9.17) is 0 Å². The van der Waals surface area contributed by atoms with Gasteiger partial charge in [-0.2, -0.15) is 13.2 Å². The molecule has 0 aliphatic carbocycles. The van der Waals surface area contributed by atoms with Crippen molar-refractivity contribution in [2.45, 2.75) is 44.4 Å². The van der Waals surface area contributed by atoms with Crippen LogP contribution in [0.15, 0.2) is 18.2 Å². The number of alkyl halides is 3. The fraction of sp³-hybridized carbons (Fsp3) is 0.529. The van der Waals surface area contributed by atoms with Crippen LogP contribution in [-0.4, -0.2) is 36.0 Å². The SMILES string of the molecule is O=C1CCC[C@H](CNC(=O)N2CCc3ccc(C(F)(F)F)cc3C2)N1. The molecule has 1 aromatic rings. The first kappa shape index (κ1) is 17.6. The van der Waals surface area contributed by atoms with Gasteiger partial charge in [0.25, 0.3) is 0 Å². The Hall–Kier alpha value is -2.25. The predicted octanol–water partition coefficient (Wildman–Crippen LogP) is 2.44. The summed E-state index contributed by atoms with van der Waals surface area (Å²) in [7, 11) is 0. The van der Waals surface area contributed by atoms with Gasteiger partial charge < -0.3 is 15.5 Å². The van der Waals surface area contributed by atoms with E-state index in [2.05, 4.69) is 10.6 Å². The Balaban J connectivity index is 1.59. The normalized spacial score (nSPS) is 20.7. The zero-order valence-corrected chi connectivity index (χ0v) is 13.7. The molecule has 1 aromatic carbocycles. The van der Waals surface area contributed by atoms with E-state index in [0.29, 0.717) is 31.5 Å². The molecule has 3 amide bonds. The van der Waals surface area contributed by atoms with Crippen LogP contribution in [0.1, 0.15) is 36.0 Å². The van der Waals surface area contributed by atoms with E-state index in [9.17, 15) is 22.8 Å². The van der Waals surface area contributed by atoms with E-state index in [1.807, 2.05) is 0 Å². The van der Waals surface area contributed by atoms with Crippen molar-refractivity contribution < 1.29 is 22.8 Å². The third-order valence-corrected chi connectivity index (χ3v) is 4.65. The number of fused-ring (bicyclic) bond motifs is 1. The molecular formula is C17H20F3N3O2. The molecule has 2 N–H and O–H groups in total. The molecule has 0 unspecified atom stereocenters. The Morgan fingerprint density at radius 3 is 2.80 bits per heavy atom. The molecule has 0 saturated carbocycles. The van der Waals surface area contributed by atoms with Crippen molar-refractivity contribution in [3.8, 4) is 0 Å². The topological polar surface area (TPSA) is 61.4 Å². The molecule has 0 spiro atoms. The van der Waals surface area contributed by atoms with Crippen LogP contribution in [0.5, 0.6) is 0 Å². The number of amides is 3. The number of urea groups is 1. The van der Waals surface area contributed by atoms with Crippen LogP contribution in [0.4, 0.5) is 18.0 Å². The molecule has 3 rings (SSSR count). The summed E-state index contributed by atoms with van der Waals surface area (Å²) >= 11 is 0. The van der Waals surface area contributed by atoms with Crippen molar-refractivity contribution in [2.75, 3.05) is 13.1 Å². The molecule has 0 aromatic heterocycles. The smallest absolute Gasteiger partial charge is 0.352 e. The second kappa shape index (κ2) is 6.93. The van der Waals surface area contributed by atoms with Crippen LogP contribution in [0.25, 0.3) is 0 Å². The van der Waals surface area contributed by atoms with Crippen LogP contribution in [0.2, 0.25) is 0 Å². The molecule has 2 aliphatic rings. The van der Waals surface area contributed by atoms with Gasteiger partial charge in [-0.3, -0.25) is 4.79 Å². The minimum atomic E-state index is -4.39. The van der Waals surface area contributed by atoms with Gasteiger partial charge in [-0.05, 0) is 42.5 Å². The maximum Gasteiger partial charge on any atom is 0.416 e.